The second-order valence-corrected chi connectivity index (χ2v) is 6.19. The van der Waals surface area contributed by atoms with Crippen LogP contribution >= 0.6 is 11.6 Å². The SMILES string of the molecule is Cc1ccccc1NC(=O)c1cccn(Cc2ccc(Cl)cc2)c1=O. The Labute approximate surface area is 150 Å². The largest absolute Gasteiger partial charge is 0.322 e. The average Bonchev–Trinajstić information content (AvgIpc) is 2.60. The Bertz CT molecular complexity index is 962. The molecule has 3 rings (SSSR count). The van der Waals surface area contributed by atoms with Gasteiger partial charge in [-0.1, -0.05) is 41.9 Å². The summed E-state index contributed by atoms with van der Waals surface area (Å²) in [5.74, 6) is -0.412. The van der Waals surface area contributed by atoms with Crippen molar-refractivity contribution in [1.82, 2.24) is 4.57 Å². The first-order valence-corrected chi connectivity index (χ1v) is 8.23. The van der Waals surface area contributed by atoms with Crippen LogP contribution in [0.25, 0.3) is 0 Å². The number of carbonyl (C=O) groups excluding carboxylic acids is 1. The number of benzene rings is 2. The van der Waals surface area contributed by atoms with E-state index in [2.05, 4.69) is 5.32 Å². The van der Waals surface area contributed by atoms with E-state index in [0.717, 1.165) is 11.1 Å². The highest BCUT2D eigenvalue weighted by Crippen LogP contribution is 2.14. The number of nitrogens with one attached hydrogen (secondary N) is 1. The molecule has 126 valence electrons. The molecule has 1 aromatic heterocycles. The minimum absolute atomic E-state index is 0.111. The van der Waals surface area contributed by atoms with E-state index in [9.17, 15) is 9.59 Å². The molecule has 0 aliphatic heterocycles. The molecule has 1 amide bonds. The minimum atomic E-state index is -0.412. The Morgan fingerprint density at radius 3 is 2.48 bits per heavy atom. The zero-order valence-electron chi connectivity index (χ0n) is 13.7. The second kappa shape index (κ2) is 7.36. The first-order chi connectivity index (χ1) is 12.0. The quantitative estimate of drug-likeness (QED) is 0.768. The molecule has 0 fully saturated rings. The highest BCUT2D eigenvalue weighted by atomic mass is 35.5. The molecule has 1 N–H and O–H groups in total. The van der Waals surface area contributed by atoms with Crippen LogP contribution in [0.4, 0.5) is 5.69 Å². The fourth-order valence-electron chi connectivity index (χ4n) is 2.52. The van der Waals surface area contributed by atoms with E-state index in [1.807, 2.05) is 43.3 Å². The van der Waals surface area contributed by atoms with E-state index in [1.165, 1.54) is 10.6 Å². The number of para-hydroxylation sites is 1. The molecule has 0 aliphatic carbocycles. The summed E-state index contributed by atoms with van der Waals surface area (Å²) in [7, 11) is 0. The van der Waals surface area contributed by atoms with E-state index in [1.54, 1.807) is 24.4 Å². The monoisotopic (exact) mass is 352 g/mol. The van der Waals surface area contributed by atoms with Gasteiger partial charge in [0.1, 0.15) is 5.56 Å². The third kappa shape index (κ3) is 3.98. The van der Waals surface area contributed by atoms with Crippen molar-refractivity contribution in [3.05, 3.63) is 98.9 Å². The molecule has 0 radical (unpaired) electrons. The standard InChI is InChI=1S/C20H17ClN2O2/c1-14-5-2-3-7-18(14)22-19(24)17-6-4-12-23(20(17)25)13-15-8-10-16(21)11-9-15/h2-12H,13H2,1H3,(H,22,24). The van der Waals surface area contributed by atoms with Gasteiger partial charge in [-0.15, -0.1) is 0 Å². The van der Waals surface area contributed by atoms with Gasteiger partial charge in [-0.3, -0.25) is 9.59 Å². The maximum atomic E-state index is 12.6. The van der Waals surface area contributed by atoms with Gasteiger partial charge in [-0.25, -0.2) is 0 Å². The Balaban J connectivity index is 1.85. The van der Waals surface area contributed by atoms with Crippen LogP contribution in [0.3, 0.4) is 0 Å². The van der Waals surface area contributed by atoms with Gasteiger partial charge in [-0.05, 0) is 48.4 Å². The summed E-state index contributed by atoms with van der Waals surface area (Å²) < 4.78 is 1.51. The molecule has 0 bridgehead atoms. The fraction of sp³-hybridized carbons (Fsp3) is 0.100. The lowest BCUT2D eigenvalue weighted by Gasteiger charge is -2.10. The molecule has 5 heteroatoms. The Morgan fingerprint density at radius 2 is 1.76 bits per heavy atom. The number of nitrogens with zero attached hydrogens (tertiary/aromatic N) is 1. The predicted octanol–water partition coefficient (Wildman–Crippen LogP) is 4.11. The maximum absolute atomic E-state index is 12.6. The van der Waals surface area contributed by atoms with E-state index in [-0.39, 0.29) is 11.1 Å². The van der Waals surface area contributed by atoms with Crippen molar-refractivity contribution in [2.24, 2.45) is 0 Å². The summed E-state index contributed by atoms with van der Waals surface area (Å²) in [5, 5.41) is 3.44. The number of aryl methyl sites for hydroxylation is 1. The molecular formula is C20H17ClN2O2. The van der Waals surface area contributed by atoms with Crippen molar-refractivity contribution >= 4 is 23.2 Å². The normalized spacial score (nSPS) is 10.5. The highest BCUT2D eigenvalue weighted by Gasteiger charge is 2.13. The Kier molecular flexibility index (Phi) is 5.00. The number of pyridine rings is 1. The first kappa shape index (κ1) is 17.0. The lowest BCUT2D eigenvalue weighted by Crippen LogP contribution is -2.29. The summed E-state index contributed by atoms with van der Waals surface area (Å²) >= 11 is 5.88. The third-order valence-corrected chi connectivity index (χ3v) is 4.18. The lowest BCUT2D eigenvalue weighted by molar-refractivity contribution is 0.102. The zero-order valence-corrected chi connectivity index (χ0v) is 14.5. The van der Waals surface area contributed by atoms with Crippen molar-refractivity contribution in [3.63, 3.8) is 0 Å². The number of hydrogen-bond acceptors (Lipinski definition) is 2. The number of rotatable bonds is 4. The summed E-state index contributed by atoms with van der Waals surface area (Å²) in [6.07, 6.45) is 1.67. The molecule has 2 aromatic carbocycles. The second-order valence-electron chi connectivity index (χ2n) is 5.75. The van der Waals surface area contributed by atoms with Crippen LogP contribution in [0.5, 0.6) is 0 Å². The fourth-order valence-corrected chi connectivity index (χ4v) is 2.65. The average molecular weight is 353 g/mol. The molecule has 0 aliphatic rings. The van der Waals surface area contributed by atoms with Crippen molar-refractivity contribution in [3.8, 4) is 0 Å². The van der Waals surface area contributed by atoms with Crippen LogP contribution < -0.4 is 10.9 Å². The topological polar surface area (TPSA) is 51.1 Å². The number of amides is 1. The van der Waals surface area contributed by atoms with Crippen molar-refractivity contribution in [1.29, 1.82) is 0 Å². The summed E-state index contributed by atoms with van der Waals surface area (Å²) in [6, 6.07) is 17.9. The maximum Gasteiger partial charge on any atom is 0.263 e. The summed E-state index contributed by atoms with van der Waals surface area (Å²) in [5.41, 5.74) is 2.35. The zero-order chi connectivity index (χ0) is 17.8. The summed E-state index contributed by atoms with van der Waals surface area (Å²) in [4.78, 5) is 25.1. The smallest absolute Gasteiger partial charge is 0.263 e. The number of carbonyl (C=O) groups is 1. The van der Waals surface area contributed by atoms with Gasteiger partial charge >= 0.3 is 0 Å². The van der Waals surface area contributed by atoms with Crippen molar-refractivity contribution in [2.45, 2.75) is 13.5 Å². The molecule has 0 unspecified atom stereocenters. The number of halogens is 1. The molecular weight excluding hydrogens is 336 g/mol. The molecule has 0 atom stereocenters. The Hall–Kier alpha value is -2.85. The van der Waals surface area contributed by atoms with Crippen LogP contribution in [0.2, 0.25) is 5.02 Å². The van der Waals surface area contributed by atoms with Crippen LogP contribution in [0.1, 0.15) is 21.5 Å². The lowest BCUT2D eigenvalue weighted by atomic mass is 10.2. The van der Waals surface area contributed by atoms with Gasteiger partial charge in [0.15, 0.2) is 0 Å². The van der Waals surface area contributed by atoms with Gasteiger partial charge in [0.2, 0.25) is 0 Å². The first-order valence-electron chi connectivity index (χ1n) is 7.85. The Morgan fingerprint density at radius 1 is 1.04 bits per heavy atom. The number of anilines is 1. The van der Waals surface area contributed by atoms with Crippen LogP contribution in [-0.2, 0) is 6.54 Å². The van der Waals surface area contributed by atoms with Gasteiger partial charge in [0.05, 0.1) is 6.54 Å². The van der Waals surface area contributed by atoms with Gasteiger partial charge in [-0.2, -0.15) is 0 Å². The van der Waals surface area contributed by atoms with Crippen molar-refractivity contribution < 1.29 is 4.79 Å². The van der Waals surface area contributed by atoms with Gasteiger partial charge in [0, 0.05) is 16.9 Å². The van der Waals surface area contributed by atoms with E-state index >= 15 is 0 Å². The van der Waals surface area contributed by atoms with Gasteiger partial charge in [0.25, 0.3) is 11.5 Å². The molecule has 25 heavy (non-hydrogen) atoms. The van der Waals surface area contributed by atoms with E-state index in [0.29, 0.717) is 17.3 Å². The van der Waals surface area contributed by atoms with Crippen LogP contribution in [0.15, 0.2) is 71.7 Å². The molecule has 0 saturated heterocycles. The van der Waals surface area contributed by atoms with Crippen LogP contribution in [-0.4, -0.2) is 10.5 Å². The molecule has 1 heterocycles. The molecule has 0 saturated carbocycles. The van der Waals surface area contributed by atoms with E-state index < -0.39 is 5.91 Å². The van der Waals surface area contributed by atoms with Crippen molar-refractivity contribution in [2.75, 3.05) is 5.32 Å². The van der Waals surface area contributed by atoms with Gasteiger partial charge < -0.3 is 9.88 Å². The molecule has 3 aromatic rings. The predicted molar refractivity (Wildman–Crippen MR) is 100 cm³/mol. The molecule has 0 spiro atoms. The number of aromatic nitrogens is 1. The van der Waals surface area contributed by atoms with Crippen LogP contribution in [0, 0.1) is 6.92 Å². The molecule has 4 nitrogen and oxygen atoms in total. The summed E-state index contributed by atoms with van der Waals surface area (Å²) in [6.45, 7) is 2.28. The number of hydrogen-bond donors (Lipinski definition) is 1. The minimum Gasteiger partial charge on any atom is -0.322 e. The third-order valence-electron chi connectivity index (χ3n) is 3.92. The highest BCUT2D eigenvalue weighted by molar-refractivity contribution is 6.30. The van der Waals surface area contributed by atoms with E-state index in [4.69, 9.17) is 11.6 Å².